The van der Waals surface area contributed by atoms with Gasteiger partial charge in [0.1, 0.15) is 12.4 Å². The summed E-state index contributed by atoms with van der Waals surface area (Å²) in [4.78, 5) is 17.1. The number of rotatable bonds is 6. The van der Waals surface area contributed by atoms with Gasteiger partial charge < -0.3 is 19.8 Å². The summed E-state index contributed by atoms with van der Waals surface area (Å²) in [6, 6.07) is 9.25. The Morgan fingerprint density at radius 3 is 2.53 bits per heavy atom. The van der Waals surface area contributed by atoms with E-state index in [1.807, 2.05) is 30.3 Å². The summed E-state index contributed by atoms with van der Waals surface area (Å²) < 4.78 is 15.8. The number of hydrogen-bond donors (Lipinski definition) is 3. The Bertz CT molecular complexity index is 324. The second-order valence-corrected chi connectivity index (χ2v) is 4.63. The van der Waals surface area contributed by atoms with Crippen LogP contribution >= 0.6 is 7.60 Å². The summed E-state index contributed by atoms with van der Waals surface area (Å²) in [5, 5.41) is 2.61. The third kappa shape index (κ3) is 6.25. The molecule has 0 aliphatic carbocycles. The van der Waals surface area contributed by atoms with Crippen molar-refractivity contribution < 1.29 is 19.1 Å². The van der Waals surface area contributed by atoms with E-state index in [1.54, 1.807) is 0 Å². The molecule has 1 rings (SSSR count). The molecule has 0 spiro atoms. The Morgan fingerprint density at radius 2 is 1.93 bits per heavy atom. The first-order valence-corrected chi connectivity index (χ1v) is 6.31. The van der Waals surface area contributed by atoms with Gasteiger partial charge in [-0.2, -0.15) is 0 Å². The van der Waals surface area contributed by atoms with Crippen LogP contribution in [0.25, 0.3) is 0 Å². The van der Waals surface area contributed by atoms with Crippen molar-refractivity contribution in [3.63, 3.8) is 0 Å². The Morgan fingerprint density at radius 1 is 1.27 bits per heavy atom. The van der Waals surface area contributed by atoms with Crippen LogP contribution < -0.4 is 10.1 Å². The van der Waals surface area contributed by atoms with Gasteiger partial charge >= 0.3 is 7.60 Å². The van der Waals surface area contributed by atoms with Crippen LogP contribution in [0.2, 0.25) is 0 Å². The predicted molar refractivity (Wildman–Crippen MR) is 56.9 cm³/mol. The molecule has 0 amide bonds. The number of ether oxygens (including phenoxy) is 1. The van der Waals surface area contributed by atoms with Crippen molar-refractivity contribution in [3.8, 4) is 5.75 Å². The highest BCUT2D eigenvalue weighted by Crippen LogP contribution is 2.31. The highest BCUT2D eigenvalue weighted by molar-refractivity contribution is 7.51. The Balaban J connectivity index is 2.10. The zero-order chi connectivity index (χ0) is 11.1. The lowest BCUT2D eigenvalue weighted by molar-refractivity contribution is 0.313. The molecule has 3 N–H and O–H groups in total. The van der Waals surface area contributed by atoms with E-state index < -0.39 is 7.60 Å². The molecular formula is C9H14NO4P. The first kappa shape index (κ1) is 12.2. The SMILES string of the molecule is O=P(O)(O)CNCCOc1ccccc1. The third-order valence-corrected chi connectivity index (χ3v) is 2.24. The minimum absolute atomic E-state index is 0.314. The molecule has 0 aromatic heterocycles. The van der Waals surface area contributed by atoms with Crippen LogP contribution in [-0.4, -0.2) is 29.2 Å². The molecule has 0 saturated heterocycles. The van der Waals surface area contributed by atoms with Crippen molar-refractivity contribution in [2.24, 2.45) is 0 Å². The summed E-state index contributed by atoms with van der Waals surface area (Å²) in [5.74, 6) is 0.746. The van der Waals surface area contributed by atoms with Gasteiger partial charge in [0, 0.05) is 6.54 Å². The van der Waals surface area contributed by atoms with Crippen LogP contribution in [0.5, 0.6) is 5.75 Å². The van der Waals surface area contributed by atoms with Gasteiger partial charge in [0.2, 0.25) is 0 Å². The number of hydrogen-bond acceptors (Lipinski definition) is 3. The van der Waals surface area contributed by atoms with E-state index in [9.17, 15) is 4.57 Å². The number of benzene rings is 1. The zero-order valence-electron chi connectivity index (χ0n) is 8.17. The van der Waals surface area contributed by atoms with Crippen molar-refractivity contribution in [2.45, 2.75) is 0 Å². The Labute approximate surface area is 88.2 Å². The maximum atomic E-state index is 10.5. The van der Waals surface area contributed by atoms with E-state index in [1.165, 1.54) is 0 Å². The van der Waals surface area contributed by atoms with Crippen molar-refractivity contribution >= 4 is 7.60 Å². The van der Waals surface area contributed by atoms with E-state index in [-0.39, 0.29) is 6.29 Å². The first-order valence-electron chi connectivity index (χ1n) is 4.51. The maximum Gasteiger partial charge on any atom is 0.339 e. The Kier molecular flexibility index (Phi) is 4.78. The van der Waals surface area contributed by atoms with Gasteiger partial charge in [0.15, 0.2) is 0 Å². The summed E-state index contributed by atoms with van der Waals surface area (Å²) in [7, 11) is -3.94. The molecule has 84 valence electrons. The van der Waals surface area contributed by atoms with Gasteiger partial charge in [-0.25, -0.2) is 0 Å². The minimum atomic E-state index is -3.94. The molecular weight excluding hydrogens is 217 g/mol. The van der Waals surface area contributed by atoms with Gasteiger partial charge in [-0.1, -0.05) is 18.2 Å². The molecule has 0 atom stereocenters. The molecule has 0 saturated carbocycles. The quantitative estimate of drug-likeness (QED) is 0.498. The lowest BCUT2D eigenvalue weighted by Gasteiger charge is -2.07. The molecule has 6 heteroatoms. The normalized spacial score (nSPS) is 11.3. The van der Waals surface area contributed by atoms with Crippen LogP contribution in [0.1, 0.15) is 0 Å². The summed E-state index contributed by atoms with van der Waals surface area (Å²) >= 11 is 0. The fourth-order valence-corrected chi connectivity index (χ4v) is 1.43. The Hall–Kier alpha value is -0.870. The van der Waals surface area contributed by atoms with Gasteiger partial charge in [0.05, 0.1) is 6.29 Å². The molecule has 0 bridgehead atoms. The molecule has 0 unspecified atom stereocenters. The molecule has 0 radical (unpaired) electrons. The van der Waals surface area contributed by atoms with Crippen LogP contribution in [0, 0.1) is 0 Å². The number of nitrogens with one attached hydrogen (secondary N) is 1. The molecule has 0 fully saturated rings. The molecule has 1 aromatic carbocycles. The smallest absolute Gasteiger partial charge is 0.339 e. The predicted octanol–water partition coefficient (Wildman–Crippen LogP) is 0.790. The lowest BCUT2D eigenvalue weighted by Crippen LogP contribution is -2.22. The molecule has 5 nitrogen and oxygen atoms in total. The standard InChI is InChI=1S/C9H14NO4P/c11-15(12,13)8-10-6-7-14-9-4-2-1-3-5-9/h1-5,10H,6-8H2,(H2,11,12,13). The third-order valence-electron chi connectivity index (χ3n) is 1.61. The lowest BCUT2D eigenvalue weighted by atomic mass is 10.3. The van der Waals surface area contributed by atoms with Crippen molar-refractivity contribution in [2.75, 3.05) is 19.4 Å². The highest BCUT2D eigenvalue weighted by Gasteiger charge is 2.10. The second kappa shape index (κ2) is 5.88. The second-order valence-electron chi connectivity index (χ2n) is 2.98. The first-order chi connectivity index (χ1) is 7.08. The van der Waals surface area contributed by atoms with E-state index in [4.69, 9.17) is 14.5 Å². The topological polar surface area (TPSA) is 78.8 Å². The minimum Gasteiger partial charge on any atom is -0.492 e. The van der Waals surface area contributed by atoms with Gasteiger partial charge in [-0.05, 0) is 12.1 Å². The van der Waals surface area contributed by atoms with Crippen molar-refractivity contribution in [1.82, 2.24) is 5.32 Å². The van der Waals surface area contributed by atoms with Gasteiger partial charge in [-0.15, -0.1) is 0 Å². The molecule has 0 aliphatic rings. The van der Waals surface area contributed by atoms with Crippen LogP contribution in [0.15, 0.2) is 30.3 Å². The van der Waals surface area contributed by atoms with Crippen LogP contribution in [-0.2, 0) is 4.57 Å². The fraction of sp³-hybridized carbons (Fsp3) is 0.333. The molecule has 15 heavy (non-hydrogen) atoms. The molecule has 0 aliphatic heterocycles. The summed E-state index contributed by atoms with van der Waals surface area (Å²) in [6.45, 7) is 0.782. The van der Waals surface area contributed by atoms with E-state index in [0.29, 0.717) is 13.2 Å². The van der Waals surface area contributed by atoms with Gasteiger partial charge in [-0.3, -0.25) is 4.57 Å². The van der Waals surface area contributed by atoms with Crippen LogP contribution in [0.3, 0.4) is 0 Å². The highest BCUT2D eigenvalue weighted by atomic mass is 31.2. The maximum absolute atomic E-state index is 10.5. The van der Waals surface area contributed by atoms with E-state index in [0.717, 1.165) is 5.75 Å². The monoisotopic (exact) mass is 231 g/mol. The summed E-state index contributed by atoms with van der Waals surface area (Å²) in [5.41, 5.74) is 0. The van der Waals surface area contributed by atoms with Crippen molar-refractivity contribution in [1.29, 1.82) is 0 Å². The molecule has 0 heterocycles. The van der Waals surface area contributed by atoms with Gasteiger partial charge in [0.25, 0.3) is 0 Å². The van der Waals surface area contributed by atoms with Crippen LogP contribution in [0.4, 0.5) is 0 Å². The fourth-order valence-electron chi connectivity index (χ4n) is 0.982. The average molecular weight is 231 g/mol. The number of para-hydroxylation sites is 1. The molecule has 1 aromatic rings. The summed E-state index contributed by atoms with van der Waals surface area (Å²) in [6.07, 6.45) is -0.314. The van der Waals surface area contributed by atoms with E-state index >= 15 is 0 Å². The zero-order valence-corrected chi connectivity index (χ0v) is 9.06. The largest absolute Gasteiger partial charge is 0.492 e. The van der Waals surface area contributed by atoms with E-state index in [2.05, 4.69) is 5.32 Å². The average Bonchev–Trinajstić information content (AvgIpc) is 2.17. The van der Waals surface area contributed by atoms with Crippen molar-refractivity contribution in [3.05, 3.63) is 30.3 Å².